The van der Waals surface area contributed by atoms with Crippen molar-refractivity contribution >= 4 is 15.9 Å². The Kier molecular flexibility index (Phi) is 5.03. The maximum absolute atomic E-state index is 5.40. The number of rotatable bonds is 5. The van der Waals surface area contributed by atoms with Gasteiger partial charge in [-0.3, -0.25) is 0 Å². The highest BCUT2D eigenvalue weighted by Crippen LogP contribution is 2.30. The van der Waals surface area contributed by atoms with Crippen molar-refractivity contribution in [3.05, 3.63) is 65.2 Å². The molecule has 0 amide bonds. The highest BCUT2D eigenvalue weighted by Gasteiger charge is 2.11. The second-order valence-corrected chi connectivity index (χ2v) is 5.68. The van der Waals surface area contributed by atoms with Crippen molar-refractivity contribution in [2.45, 2.75) is 24.6 Å². The van der Waals surface area contributed by atoms with Crippen LogP contribution >= 0.6 is 15.9 Å². The summed E-state index contributed by atoms with van der Waals surface area (Å²) in [6, 6.07) is 17.0. The third kappa shape index (κ3) is 3.60. The number of benzene rings is 2. The van der Waals surface area contributed by atoms with Crippen molar-refractivity contribution in [1.29, 1.82) is 0 Å². The molecule has 0 heterocycles. The van der Waals surface area contributed by atoms with Crippen LogP contribution in [0, 0.1) is 0 Å². The topological polar surface area (TPSA) is 9.23 Å². The highest BCUT2D eigenvalue weighted by atomic mass is 79.9. The van der Waals surface area contributed by atoms with Crippen molar-refractivity contribution in [3.63, 3.8) is 0 Å². The summed E-state index contributed by atoms with van der Waals surface area (Å²) in [6.45, 7) is 2.18. The summed E-state index contributed by atoms with van der Waals surface area (Å²) in [5.41, 5.74) is 3.91. The van der Waals surface area contributed by atoms with Crippen molar-refractivity contribution in [2.75, 3.05) is 7.11 Å². The van der Waals surface area contributed by atoms with Crippen LogP contribution in [0.1, 0.15) is 28.4 Å². The molecule has 0 bridgehead atoms. The second kappa shape index (κ2) is 6.76. The molecule has 1 nitrogen and oxygen atoms in total. The Hall–Kier alpha value is -1.28. The van der Waals surface area contributed by atoms with Crippen LogP contribution in [0.2, 0.25) is 0 Å². The van der Waals surface area contributed by atoms with E-state index in [4.69, 9.17) is 4.74 Å². The fraction of sp³-hybridized carbons (Fsp3) is 0.294. The number of hydrogen-bond acceptors (Lipinski definition) is 1. The maximum atomic E-state index is 5.40. The summed E-state index contributed by atoms with van der Waals surface area (Å²) in [7, 11) is 1.72. The molecular formula is C17H19BrO. The average Bonchev–Trinajstić information content (AvgIpc) is 2.48. The summed E-state index contributed by atoms with van der Waals surface area (Å²) in [4.78, 5) is 0.315. The Morgan fingerprint density at radius 3 is 2.37 bits per heavy atom. The van der Waals surface area contributed by atoms with Crippen LogP contribution in [0.3, 0.4) is 0 Å². The molecule has 0 aliphatic carbocycles. The monoisotopic (exact) mass is 318 g/mol. The molecule has 0 aliphatic rings. The molecule has 2 aromatic rings. The first-order valence-electron chi connectivity index (χ1n) is 6.59. The molecule has 2 aromatic carbocycles. The van der Waals surface area contributed by atoms with Gasteiger partial charge in [0.25, 0.3) is 0 Å². The molecule has 1 unspecified atom stereocenters. The zero-order valence-electron chi connectivity index (χ0n) is 11.4. The van der Waals surface area contributed by atoms with Gasteiger partial charge in [-0.25, -0.2) is 0 Å². The third-order valence-electron chi connectivity index (χ3n) is 3.34. The molecule has 0 N–H and O–H groups in total. The quantitative estimate of drug-likeness (QED) is 0.710. The van der Waals surface area contributed by atoms with Gasteiger partial charge in [0, 0.05) is 4.83 Å². The zero-order valence-corrected chi connectivity index (χ0v) is 13.0. The van der Waals surface area contributed by atoms with E-state index in [-0.39, 0.29) is 0 Å². The zero-order chi connectivity index (χ0) is 13.7. The smallest absolute Gasteiger partial charge is 0.122 e. The molecule has 0 spiro atoms. The largest absolute Gasteiger partial charge is 0.496 e. The van der Waals surface area contributed by atoms with Gasteiger partial charge >= 0.3 is 0 Å². The molecule has 2 heteroatoms. The van der Waals surface area contributed by atoms with Gasteiger partial charge in [0.05, 0.1) is 7.11 Å². The summed E-state index contributed by atoms with van der Waals surface area (Å²) < 4.78 is 5.40. The van der Waals surface area contributed by atoms with Crippen LogP contribution in [0.4, 0.5) is 0 Å². The van der Waals surface area contributed by atoms with E-state index in [0.717, 1.165) is 18.6 Å². The van der Waals surface area contributed by atoms with E-state index in [2.05, 4.69) is 59.3 Å². The van der Waals surface area contributed by atoms with Gasteiger partial charge < -0.3 is 4.74 Å². The Morgan fingerprint density at radius 2 is 1.74 bits per heavy atom. The SMILES string of the molecule is CCc1ccc(C(Br)Cc2ccccc2OC)cc1. The standard InChI is InChI=1S/C17H19BrO/c1-3-13-8-10-14(11-9-13)16(18)12-15-6-4-5-7-17(15)19-2/h4-11,16H,3,12H2,1-2H3. The summed E-state index contributed by atoms with van der Waals surface area (Å²) >= 11 is 3.78. The first-order valence-corrected chi connectivity index (χ1v) is 7.51. The Labute approximate surface area is 123 Å². The maximum Gasteiger partial charge on any atom is 0.122 e. The highest BCUT2D eigenvalue weighted by molar-refractivity contribution is 9.09. The van der Waals surface area contributed by atoms with Crippen LogP contribution in [0.15, 0.2) is 48.5 Å². The lowest BCUT2D eigenvalue weighted by atomic mass is 10.0. The van der Waals surface area contributed by atoms with E-state index < -0.39 is 0 Å². The predicted octanol–water partition coefficient (Wildman–Crippen LogP) is 4.94. The molecule has 0 saturated carbocycles. The summed E-state index contributed by atoms with van der Waals surface area (Å²) in [6.07, 6.45) is 2.01. The molecule has 2 rings (SSSR count). The van der Waals surface area contributed by atoms with E-state index >= 15 is 0 Å². The van der Waals surface area contributed by atoms with E-state index in [1.54, 1.807) is 7.11 Å². The number of para-hydroxylation sites is 1. The summed E-state index contributed by atoms with van der Waals surface area (Å²) in [5.74, 6) is 0.956. The fourth-order valence-electron chi connectivity index (χ4n) is 2.14. The number of aryl methyl sites for hydroxylation is 1. The van der Waals surface area contributed by atoms with Gasteiger partial charge in [-0.2, -0.15) is 0 Å². The molecule has 0 aromatic heterocycles. The van der Waals surface area contributed by atoms with Gasteiger partial charge in [0.2, 0.25) is 0 Å². The van der Waals surface area contributed by atoms with Crippen LogP contribution in [-0.2, 0) is 12.8 Å². The van der Waals surface area contributed by atoms with Crippen LogP contribution in [0.25, 0.3) is 0 Å². The number of methoxy groups -OCH3 is 1. The van der Waals surface area contributed by atoms with E-state index in [9.17, 15) is 0 Å². The number of ether oxygens (including phenoxy) is 1. The molecule has 0 aliphatic heterocycles. The van der Waals surface area contributed by atoms with Crippen molar-refractivity contribution in [1.82, 2.24) is 0 Å². The van der Waals surface area contributed by atoms with E-state index in [1.165, 1.54) is 16.7 Å². The average molecular weight is 319 g/mol. The fourth-order valence-corrected chi connectivity index (χ4v) is 2.80. The van der Waals surface area contributed by atoms with E-state index in [0.29, 0.717) is 4.83 Å². The minimum Gasteiger partial charge on any atom is -0.496 e. The molecule has 19 heavy (non-hydrogen) atoms. The molecule has 100 valence electrons. The van der Waals surface area contributed by atoms with Gasteiger partial charge in [-0.1, -0.05) is 65.3 Å². The van der Waals surface area contributed by atoms with Crippen LogP contribution in [0.5, 0.6) is 5.75 Å². The van der Waals surface area contributed by atoms with Gasteiger partial charge in [-0.15, -0.1) is 0 Å². The van der Waals surface area contributed by atoms with Crippen molar-refractivity contribution in [2.24, 2.45) is 0 Å². The van der Waals surface area contributed by atoms with E-state index in [1.807, 2.05) is 12.1 Å². The summed E-state index contributed by atoms with van der Waals surface area (Å²) in [5, 5.41) is 0. The second-order valence-electron chi connectivity index (χ2n) is 4.58. The first kappa shape index (κ1) is 14.1. The molecule has 1 atom stereocenters. The lowest BCUT2D eigenvalue weighted by Crippen LogP contribution is -1.98. The van der Waals surface area contributed by atoms with Crippen LogP contribution in [-0.4, -0.2) is 7.11 Å². The molecular weight excluding hydrogens is 300 g/mol. The minimum absolute atomic E-state index is 0.315. The predicted molar refractivity (Wildman–Crippen MR) is 84.2 cm³/mol. The number of halogens is 1. The lowest BCUT2D eigenvalue weighted by molar-refractivity contribution is 0.409. The lowest BCUT2D eigenvalue weighted by Gasteiger charge is -2.13. The minimum atomic E-state index is 0.315. The molecule has 0 radical (unpaired) electrons. The van der Waals surface area contributed by atoms with Crippen molar-refractivity contribution in [3.8, 4) is 5.75 Å². The van der Waals surface area contributed by atoms with Crippen molar-refractivity contribution < 1.29 is 4.74 Å². The molecule has 0 saturated heterocycles. The van der Waals surface area contributed by atoms with Gasteiger partial charge in [-0.05, 0) is 35.6 Å². The number of alkyl halides is 1. The number of hydrogen-bond donors (Lipinski definition) is 0. The molecule has 0 fully saturated rings. The Morgan fingerprint density at radius 1 is 1.05 bits per heavy atom. The van der Waals surface area contributed by atoms with Gasteiger partial charge in [0.15, 0.2) is 0 Å². The Bertz CT molecular complexity index is 519. The first-order chi connectivity index (χ1) is 9.24. The normalized spacial score (nSPS) is 12.2. The third-order valence-corrected chi connectivity index (χ3v) is 4.19. The van der Waals surface area contributed by atoms with Crippen LogP contribution < -0.4 is 4.74 Å². The van der Waals surface area contributed by atoms with Gasteiger partial charge in [0.1, 0.15) is 5.75 Å². The Balaban J connectivity index is 2.13.